The second-order valence-electron chi connectivity index (χ2n) is 3.74. The van der Waals surface area contributed by atoms with Crippen LogP contribution in [0.1, 0.15) is 30.0 Å². The molecule has 0 bridgehead atoms. The molecule has 0 aromatic carbocycles. The van der Waals surface area contributed by atoms with Crippen LogP contribution in [0.5, 0.6) is 0 Å². The average molecular weight is 299 g/mol. The highest BCUT2D eigenvalue weighted by Crippen LogP contribution is 2.06. The summed E-state index contributed by atoms with van der Waals surface area (Å²) >= 11 is 0. The second-order valence-corrected chi connectivity index (χ2v) is 3.74. The van der Waals surface area contributed by atoms with Gasteiger partial charge in [0.05, 0.1) is 18.9 Å². The lowest BCUT2D eigenvalue weighted by atomic mass is 10.3. The van der Waals surface area contributed by atoms with E-state index in [-0.39, 0.29) is 37.7 Å². The number of aromatic nitrogens is 3. The molecular formula is C11H17N5O5. The molecule has 3 N–H and O–H groups in total. The number of esters is 1. The molecule has 0 aliphatic carbocycles. The lowest BCUT2D eigenvalue weighted by Gasteiger charge is -2.06. The van der Waals surface area contributed by atoms with E-state index < -0.39 is 18.0 Å². The van der Waals surface area contributed by atoms with Gasteiger partial charge < -0.3 is 15.2 Å². The summed E-state index contributed by atoms with van der Waals surface area (Å²) in [5.74, 6) is -1.33. The molecule has 10 nitrogen and oxygen atoms in total. The van der Waals surface area contributed by atoms with Gasteiger partial charge in [0.1, 0.15) is 6.54 Å². The number of alkyl carbamates (subject to hydrolysis) is 1. The maximum Gasteiger partial charge on any atom is 0.413 e. The third-order valence-corrected chi connectivity index (χ3v) is 2.31. The van der Waals surface area contributed by atoms with Gasteiger partial charge in [-0.3, -0.25) is 10.1 Å². The van der Waals surface area contributed by atoms with Gasteiger partial charge in [0.25, 0.3) is 5.91 Å². The van der Waals surface area contributed by atoms with E-state index in [2.05, 4.69) is 15.0 Å². The summed E-state index contributed by atoms with van der Waals surface area (Å²) in [6, 6.07) is 0. The molecule has 1 aromatic rings. The zero-order chi connectivity index (χ0) is 15.8. The van der Waals surface area contributed by atoms with Crippen LogP contribution in [0, 0.1) is 0 Å². The van der Waals surface area contributed by atoms with Crippen molar-refractivity contribution in [1.82, 2.24) is 20.3 Å². The number of ether oxygens (including phenoxy) is 2. The van der Waals surface area contributed by atoms with Crippen molar-refractivity contribution in [2.45, 2.75) is 26.9 Å². The van der Waals surface area contributed by atoms with Gasteiger partial charge in [-0.05, 0) is 13.8 Å². The first kappa shape index (κ1) is 16.6. The summed E-state index contributed by atoms with van der Waals surface area (Å²) in [6.45, 7) is 3.20. The van der Waals surface area contributed by atoms with Crippen LogP contribution in [-0.4, -0.2) is 46.2 Å². The Hall–Kier alpha value is -2.49. The van der Waals surface area contributed by atoms with Gasteiger partial charge in [-0.2, -0.15) is 0 Å². The summed E-state index contributed by atoms with van der Waals surface area (Å²) in [5.41, 5.74) is 5.71. The lowest BCUT2D eigenvalue weighted by molar-refractivity contribution is -0.121. The first-order valence-electron chi connectivity index (χ1n) is 6.29. The van der Waals surface area contributed by atoms with Crippen LogP contribution in [0.25, 0.3) is 0 Å². The summed E-state index contributed by atoms with van der Waals surface area (Å²) in [7, 11) is 0. The number of carbonyl (C=O) groups is 3. The molecule has 21 heavy (non-hydrogen) atoms. The highest BCUT2D eigenvalue weighted by molar-refractivity contribution is 5.92. The van der Waals surface area contributed by atoms with E-state index in [4.69, 9.17) is 10.5 Å². The normalized spacial score (nSPS) is 10.0. The Kier molecular flexibility index (Phi) is 6.27. The minimum Gasteiger partial charge on any atom is -0.461 e. The number of imide groups is 1. The van der Waals surface area contributed by atoms with Gasteiger partial charge in [-0.15, -0.1) is 5.10 Å². The first-order chi connectivity index (χ1) is 10.0. The average Bonchev–Trinajstić information content (AvgIpc) is 2.81. The van der Waals surface area contributed by atoms with Crippen LogP contribution >= 0.6 is 0 Å². The fraction of sp³-hybridized carbons (Fsp3) is 0.545. The highest BCUT2D eigenvalue weighted by Gasteiger charge is 2.21. The maximum absolute atomic E-state index is 11.6. The number of amides is 2. The third kappa shape index (κ3) is 4.53. The molecule has 2 amide bonds. The van der Waals surface area contributed by atoms with Gasteiger partial charge in [0.2, 0.25) is 0 Å². The molecule has 0 atom stereocenters. The van der Waals surface area contributed by atoms with Crippen molar-refractivity contribution < 1.29 is 23.9 Å². The molecule has 0 unspecified atom stereocenters. The standard InChI is InChI=1S/C11H17N5O5/c1-3-20-10(18)9-7(5-12)16(15-14-9)6-8(17)13-11(19)21-4-2/h3-6,12H2,1-2H3,(H,13,17,19). The molecule has 1 heterocycles. The second kappa shape index (κ2) is 7.94. The zero-order valence-corrected chi connectivity index (χ0v) is 11.8. The third-order valence-electron chi connectivity index (χ3n) is 2.31. The van der Waals surface area contributed by atoms with Crippen LogP contribution in [0.15, 0.2) is 0 Å². The Morgan fingerprint density at radius 2 is 1.90 bits per heavy atom. The largest absolute Gasteiger partial charge is 0.461 e. The van der Waals surface area contributed by atoms with Crippen LogP contribution in [-0.2, 0) is 27.4 Å². The molecule has 0 aliphatic rings. The van der Waals surface area contributed by atoms with Gasteiger partial charge in [0, 0.05) is 6.54 Å². The number of carbonyl (C=O) groups excluding carboxylic acids is 3. The molecule has 116 valence electrons. The number of hydrogen-bond acceptors (Lipinski definition) is 8. The number of nitrogens with zero attached hydrogens (tertiary/aromatic N) is 3. The minimum atomic E-state index is -0.859. The van der Waals surface area contributed by atoms with Gasteiger partial charge in [-0.25, -0.2) is 14.3 Å². The topological polar surface area (TPSA) is 138 Å². The van der Waals surface area contributed by atoms with Crippen LogP contribution in [0.2, 0.25) is 0 Å². The van der Waals surface area contributed by atoms with Crippen LogP contribution in [0.4, 0.5) is 4.79 Å². The lowest BCUT2D eigenvalue weighted by Crippen LogP contribution is -2.34. The van der Waals surface area contributed by atoms with E-state index >= 15 is 0 Å². The molecule has 0 spiro atoms. The monoisotopic (exact) mass is 299 g/mol. The quantitative estimate of drug-likeness (QED) is 0.650. The van der Waals surface area contributed by atoms with Crippen molar-refractivity contribution in [3.8, 4) is 0 Å². The number of nitrogens with one attached hydrogen (secondary N) is 1. The molecule has 0 saturated heterocycles. The number of rotatable bonds is 6. The Bertz CT molecular complexity index is 527. The van der Waals surface area contributed by atoms with Crippen molar-refractivity contribution in [3.63, 3.8) is 0 Å². The highest BCUT2D eigenvalue weighted by atomic mass is 16.5. The summed E-state index contributed by atoms with van der Waals surface area (Å²) < 4.78 is 10.5. The Morgan fingerprint density at radius 3 is 2.48 bits per heavy atom. The van der Waals surface area contributed by atoms with Crippen molar-refractivity contribution in [3.05, 3.63) is 11.4 Å². The van der Waals surface area contributed by atoms with E-state index in [9.17, 15) is 14.4 Å². The fourth-order valence-electron chi connectivity index (χ4n) is 1.48. The first-order valence-corrected chi connectivity index (χ1v) is 6.29. The minimum absolute atomic E-state index is 0.0525. The molecule has 1 aromatic heterocycles. The van der Waals surface area contributed by atoms with E-state index in [1.165, 1.54) is 0 Å². The maximum atomic E-state index is 11.6. The molecule has 0 fully saturated rings. The Labute approximate surface area is 120 Å². The molecule has 0 aliphatic heterocycles. The van der Waals surface area contributed by atoms with E-state index in [1.54, 1.807) is 13.8 Å². The van der Waals surface area contributed by atoms with Crippen molar-refractivity contribution in [2.75, 3.05) is 13.2 Å². The van der Waals surface area contributed by atoms with Crippen molar-refractivity contribution in [2.24, 2.45) is 5.73 Å². The van der Waals surface area contributed by atoms with Crippen LogP contribution in [0.3, 0.4) is 0 Å². The van der Waals surface area contributed by atoms with Gasteiger partial charge in [-0.1, -0.05) is 5.21 Å². The summed E-state index contributed by atoms with van der Waals surface area (Å²) in [6.07, 6.45) is -0.859. The molecule has 10 heteroatoms. The predicted octanol–water partition coefficient (Wildman–Crippen LogP) is -0.814. The summed E-state index contributed by atoms with van der Waals surface area (Å²) in [5, 5.41) is 9.29. The van der Waals surface area contributed by atoms with E-state index in [0.717, 1.165) is 4.68 Å². The SMILES string of the molecule is CCOC(=O)NC(=O)Cn1nnc(C(=O)OCC)c1CN. The van der Waals surface area contributed by atoms with Crippen molar-refractivity contribution in [1.29, 1.82) is 0 Å². The number of hydrogen-bond donors (Lipinski definition) is 2. The molecule has 0 radical (unpaired) electrons. The molecule has 1 rings (SSSR count). The fourth-order valence-corrected chi connectivity index (χ4v) is 1.48. The van der Waals surface area contributed by atoms with Crippen LogP contribution < -0.4 is 11.1 Å². The van der Waals surface area contributed by atoms with E-state index in [0.29, 0.717) is 0 Å². The van der Waals surface area contributed by atoms with Gasteiger partial charge in [0.15, 0.2) is 5.69 Å². The number of nitrogens with two attached hydrogens (primary N) is 1. The van der Waals surface area contributed by atoms with Crippen molar-refractivity contribution >= 4 is 18.0 Å². The Morgan fingerprint density at radius 1 is 1.24 bits per heavy atom. The zero-order valence-electron chi connectivity index (χ0n) is 11.8. The molecule has 0 saturated carbocycles. The van der Waals surface area contributed by atoms with Gasteiger partial charge >= 0.3 is 12.1 Å². The predicted molar refractivity (Wildman–Crippen MR) is 69.0 cm³/mol. The summed E-state index contributed by atoms with van der Waals surface area (Å²) in [4.78, 5) is 34.3. The smallest absolute Gasteiger partial charge is 0.413 e. The Balaban J connectivity index is 2.78. The van der Waals surface area contributed by atoms with E-state index in [1.807, 2.05) is 5.32 Å². The molecular weight excluding hydrogens is 282 g/mol.